The molecule has 1 aliphatic heterocycles. The number of nitrogens with zero attached hydrogens (tertiary/aromatic N) is 1. The van der Waals surface area contributed by atoms with E-state index in [1.165, 1.54) is 11.3 Å². The van der Waals surface area contributed by atoms with Crippen LogP contribution in [0, 0.1) is 5.92 Å². The summed E-state index contributed by atoms with van der Waals surface area (Å²) in [5.41, 5.74) is 6.66. The lowest BCUT2D eigenvalue weighted by Gasteiger charge is -2.32. The van der Waals surface area contributed by atoms with Crippen LogP contribution in [0.2, 0.25) is 0 Å². The average molecular weight is 330 g/mol. The summed E-state index contributed by atoms with van der Waals surface area (Å²) in [6.45, 7) is 4.17. The molecule has 0 aliphatic carbocycles. The van der Waals surface area contributed by atoms with Crippen LogP contribution in [0.3, 0.4) is 0 Å². The van der Waals surface area contributed by atoms with Gasteiger partial charge in [-0.2, -0.15) is 0 Å². The van der Waals surface area contributed by atoms with Gasteiger partial charge in [0.05, 0.1) is 17.2 Å². The summed E-state index contributed by atoms with van der Waals surface area (Å²) in [6.07, 6.45) is 3.91. The number of piperidine rings is 1. The van der Waals surface area contributed by atoms with E-state index in [9.17, 15) is 9.90 Å². The summed E-state index contributed by atoms with van der Waals surface area (Å²) in [4.78, 5) is 15.7. The monoisotopic (exact) mass is 330 g/mol. The third kappa shape index (κ3) is 3.46. The maximum atomic E-state index is 12.0. The van der Waals surface area contributed by atoms with E-state index in [0.717, 1.165) is 35.8 Å². The second-order valence-electron chi connectivity index (χ2n) is 5.02. The number of rotatable bonds is 5. The third-order valence-electron chi connectivity index (χ3n) is 3.71. The van der Waals surface area contributed by atoms with Gasteiger partial charge in [-0.25, -0.2) is 4.79 Å². The van der Waals surface area contributed by atoms with Crippen LogP contribution in [0.15, 0.2) is 4.90 Å². The summed E-state index contributed by atoms with van der Waals surface area (Å²) in [7, 11) is 0. The van der Waals surface area contributed by atoms with E-state index in [0.29, 0.717) is 23.1 Å². The molecule has 0 atom stereocenters. The van der Waals surface area contributed by atoms with Crippen molar-refractivity contribution < 1.29 is 14.6 Å². The molecule has 1 aromatic heterocycles. The average Bonchev–Trinajstić information content (AvgIpc) is 2.84. The van der Waals surface area contributed by atoms with E-state index in [1.807, 2.05) is 6.26 Å². The topological polar surface area (TPSA) is 75.8 Å². The van der Waals surface area contributed by atoms with Crippen LogP contribution in [0.5, 0.6) is 0 Å². The van der Waals surface area contributed by atoms with Crippen LogP contribution in [-0.4, -0.2) is 43.6 Å². The fraction of sp³-hybridized carbons (Fsp3) is 0.643. The highest BCUT2D eigenvalue weighted by Gasteiger charge is 2.27. The lowest BCUT2D eigenvalue weighted by atomic mass is 9.98. The number of carbonyl (C=O) groups excluding carboxylic acids is 1. The van der Waals surface area contributed by atoms with Gasteiger partial charge in [0.1, 0.15) is 9.88 Å². The van der Waals surface area contributed by atoms with Gasteiger partial charge in [0, 0.05) is 19.7 Å². The predicted octanol–water partition coefficient (Wildman–Crippen LogP) is 2.44. The fourth-order valence-electron chi connectivity index (χ4n) is 2.49. The van der Waals surface area contributed by atoms with Crippen LogP contribution in [0.1, 0.15) is 29.4 Å². The Hall–Kier alpha value is -0.920. The Kier molecular flexibility index (Phi) is 5.78. The number of nitrogen functional groups attached to an aromatic ring is 1. The van der Waals surface area contributed by atoms with Crippen molar-refractivity contribution in [3.05, 3.63) is 4.88 Å². The fourth-order valence-corrected chi connectivity index (χ4v) is 4.62. The van der Waals surface area contributed by atoms with E-state index >= 15 is 0 Å². The number of hydrogen-bond acceptors (Lipinski definition) is 7. The van der Waals surface area contributed by atoms with Crippen molar-refractivity contribution >= 4 is 39.8 Å². The minimum Gasteiger partial charge on any atom is -0.462 e. The molecular weight excluding hydrogens is 308 g/mol. The van der Waals surface area contributed by atoms with Crippen molar-refractivity contribution in [2.24, 2.45) is 5.92 Å². The highest BCUT2D eigenvalue weighted by atomic mass is 32.2. The molecule has 7 heteroatoms. The molecule has 2 rings (SSSR count). The molecule has 0 saturated carbocycles. The molecule has 0 bridgehead atoms. The van der Waals surface area contributed by atoms with Crippen molar-refractivity contribution in [2.45, 2.75) is 24.7 Å². The highest BCUT2D eigenvalue weighted by Crippen LogP contribution is 2.45. The maximum absolute atomic E-state index is 12.0. The van der Waals surface area contributed by atoms with Gasteiger partial charge in [0.25, 0.3) is 0 Å². The molecule has 0 radical (unpaired) electrons. The highest BCUT2D eigenvalue weighted by molar-refractivity contribution is 7.99. The predicted molar refractivity (Wildman–Crippen MR) is 88.5 cm³/mol. The van der Waals surface area contributed by atoms with Gasteiger partial charge in [-0.1, -0.05) is 0 Å². The normalized spacial score (nSPS) is 16.2. The number of hydrogen-bond donors (Lipinski definition) is 2. The van der Waals surface area contributed by atoms with Gasteiger partial charge >= 0.3 is 5.97 Å². The van der Waals surface area contributed by atoms with Gasteiger partial charge < -0.3 is 20.5 Å². The molecule has 0 amide bonds. The smallest absolute Gasteiger partial charge is 0.350 e. The van der Waals surface area contributed by atoms with Crippen molar-refractivity contribution in [3.8, 4) is 0 Å². The Morgan fingerprint density at radius 3 is 2.71 bits per heavy atom. The van der Waals surface area contributed by atoms with Gasteiger partial charge in [-0.3, -0.25) is 0 Å². The van der Waals surface area contributed by atoms with Crippen LogP contribution in [0.25, 0.3) is 0 Å². The van der Waals surface area contributed by atoms with Crippen molar-refractivity contribution in [3.63, 3.8) is 0 Å². The molecule has 2 heterocycles. The number of nitrogens with two attached hydrogens (primary N) is 1. The molecule has 5 nitrogen and oxygen atoms in total. The molecule has 0 aromatic carbocycles. The molecule has 21 heavy (non-hydrogen) atoms. The molecular formula is C14H22N2O3S2. The number of thioether (sulfide) groups is 1. The van der Waals surface area contributed by atoms with E-state index < -0.39 is 0 Å². The van der Waals surface area contributed by atoms with Gasteiger partial charge in [0.2, 0.25) is 0 Å². The van der Waals surface area contributed by atoms with Gasteiger partial charge in [-0.15, -0.1) is 23.1 Å². The summed E-state index contributed by atoms with van der Waals surface area (Å²) in [5.74, 6) is 0.0487. The Labute approximate surface area is 133 Å². The Balaban J connectivity index is 2.23. The minimum atomic E-state index is -0.341. The number of carbonyl (C=O) groups is 1. The molecule has 0 spiro atoms. The maximum Gasteiger partial charge on any atom is 0.350 e. The first kappa shape index (κ1) is 16.5. The number of thiophene rings is 1. The third-order valence-corrected chi connectivity index (χ3v) is 5.90. The standard InChI is InChI=1S/C14H22N2O3S2/c1-3-19-14(18)12-10(15)11(20-2)13(21-12)16-6-4-9(8-17)5-7-16/h9,17H,3-8,15H2,1-2H3. The molecule has 118 valence electrons. The Bertz CT molecular complexity index is 497. The van der Waals surface area contributed by atoms with Crippen molar-refractivity contribution in [2.75, 3.05) is 43.2 Å². The largest absolute Gasteiger partial charge is 0.462 e. The Morgan fingerprint density at radius 1 is 1.52 bits per heavy atom. The number of esters is 1. The van der Waals surface area contributed by atoms with E-state index in [1.54, 1.807) is 18.7 Å². The molecule has 0 unspecified atom stereocenters. The summed E-state index contributed by atoms with van der Waals surface area (Å²) >= 11 is 2.98. The number of aliphatic hydroxyl groups excluding tert-OH is 1. The molecule has 1 aromatic rings. The quantitative estimate of drug-likeness (QED) is 0.638. The van der Waals surface area contributed by atoms with Crippen LogP contribution in [-0.2, 0) is 4.74 Å². The lowest BCUT2D eigenvalue weighted by Crippen LogP contribution is -2.34. The number of aliphatic hydroxyl groups is 1. The number of anilines is 2. The minimum absolute atomic E-state index is 0.254. The molecule has 3 N–H and O–H groups in total. The zero-order valence-electron chi connectivity index (χ0n) is 12.4. The summed E-state index contributed by atoms with van der Waals surface area (Å²) < 4.78 is 5.07. The van der Waals surface area contributed by atoms with Crippen LogP contribution >= 0.6 is 23.1 Å². The second kappa shape index (κ2) is 7.38. The van der Waals surface area contributed by atoms with Crippen LogP contribution < -0.4 is 10.6 Å². The zero-order chi connectivity index (χ0) is 15.4. The van der Waals surface area contributed by atoms with E-state index in [4.69, 9.17) is 10.5 Å². The summed E-state index contributed by atoms with van der Waals surface area (Å²) in [6, 6.07) is 0. The summed E-state index contributed by atoms with van der Waals surface area (Å²) in [5, 5.41) is 10.3. The molecule has 1 fully saturated rings. The first-order valence-electron chi connectivity index (χ1n) is 7.11. The first-order chi connectivity index (χ1) is 10.1. The first-order valence-corrected chi connectivity index (χ1v) is 9.15. The van der Waals surface area contributed by atoms with Gasteiger partial charge in [-0.05, 0) is 31.9 Å². The van der Waals surface area contributed by atoms with Crippen LogP contribution in [0.4, 0.5) is 10.7 Å². The number of ether oxygens (including phenoxy) is 1. The molecule has 1 saturated heterocycles. The van der Waals surface area contributed by atoms with Crippen molar-refractivity contribution in [1.82, 2.24) is 0 Å². The van der Waals surface area contributed by atoms with E-state index in [2.05, 4.69) is 4.90 Å². The SMILES string of the molecule is CCOC(=O)c1sc(N2CCC(CO)CC2)c(SC)c1N. The lowest BCUT2D eigenvalue weighted by molar-refractivity contribution is 0.0533. The van der Waals surface area contributed by atoms with E-state index in [-0.39, 0.29) is 12.6 Å². The molecule has 1 aliphatic rings. The van der Waals surface area contributed by atoms with Gasteiger partial charge in [0.15, 0.2) is 0 Å². The van der Waals surface area contributed by atoms with Crippen molar-refractivity contribution in [1.29, 1.82) is 0 Å². The Morgan fingerprint density at radius 2 is 2.19 bits per heavy atom. The second-order valence-corrected chi connectivity index (χ2v) is 6.83. The zero-order valence-corrected chi connectivity index (χ0v) is 14.1.